The zero-order valence-corrected chi connectivity index (χ0v) is 11.2. The van der Waals surface area contributed by atoms with Crippen LogP contribution in [0.3, 0.4) is 0 Å². The Labute approximate surface area is 112 Å². The lowest BCUT2D eigenvalue weighted by atomic mass is 10.0. The lowest BCUT2D eigenvalue weighted by Gasteiger charge is -2.14. The van der Waals surface area contributed by atoms with Gasteiger partial charge in [0.15, 0.2) is 6.04 Å². The molecular weight excluding hydrogens is 246 g/mol. The van der Waals surface area contributed by atoms with Crippen LogP contribution in [0.2, 0.25) is 0 Å². The molecule has 104 valence electrons. The van der Waals surface area contributed by atoms with Crippen molar-refractivity contribution in [3.8, 4) is 0 Å². The summed E-state index contributed by atoms with van der Waals surface area (Å²) in [6.07, 6.45) is 0.857. The number of carbonyl (C=O) groups excluding carboxylic acids is 2. The number of rotatable bonds is 6. The fourth-order valence-electron chi connectivity index (χ4n) is 1.73. The highest BCUT2D eigenvalue weighted by Crippen LogP contribution is 2.09. The summed E-state index contributed by atoms with van der Waals surface area (Å²) >= 11 is 0. The molecule has 0 aliphatic rings. The summed E-state index contributed by atoms with van der Waals surface area (Å²) in [6, 6.07) is 6.82. The van der Waals surface area contributed by atoms with E-state index in [1.54, 1.807) is 0 Å². The summed E-state index contributed by atoms with van der Waals surface area (Å²) in [5, 5.41) is 11.4. The normalized spacial score (nSPS) is 11.7. The molecule has 0 radical (unpaired) electrons. The maximum Gasteiger partial charge on any atom is 0.330 e. The van der Waals surface area contributed by atoms with E-state index in [9.17, 15) is 9.59 Å². The van der Waals surface area contributed by atoms with Crippen molar-refractivity contribution in [3.05, 3.63) is 35.4 Å². The first kappa shape index (κ1) is 15.2. The second kappa shape index (κ2) is 7.53. The second-order valence-electron chi connectivity index (χ2n) is 4.25. The Hall–Kier alpha value is -1.88. The third-order valence-corrected chi connectivity index (χ3v) is 2.89. The number of aliphatic hydroxyl groups excluding tert-OH is 1. The smallest absolute Gasteiger partial charge is 0.330 e. The van der Waals surface area contributed by atoms with Gasteiger partial charge in [0, 0.05) is 6.42 Å². The van der Waals surface area contributed by atoms with E-state index in [2.05, 4.69) is 10.1 Å². The Morgan fingerprint density at radius 3 is 2.63 bits per heavy atom. The van der Waals surface area contributed by atoms with Crippen molar-refractivity contribution in [3.63, 3.8) is 0 Å². The Balaban J connectivity index is 2.48. The molecule has 0 aliphatic heterocycles. The van der Waals surface area contributed by atoms with Crippen LogP contribution in [-0.4, -0.2) is 36.7 Å². The van der Waals surface area contributed by atoms with Crippen LogP contribution in [0.25, 0.3) is 0 Å². The molecule has 1 atom stereocenters. The number of methoxy groups -OCH3 is 1. The largest absolute Gasteiger partial charge is 0.467 e. The molecule has 2 N–H and O–H groups in total. The van der Waals surface area contributed by atoms with Crippen molar-refractivity contribution in [2.45, 2.75) is 25.8 Å². The van der Waals surface area contributed by atoms with Crippen LogP contribution >= 0.6 is 0 Å². The molecule has 0 saturated heterocycles. The van der Waals surface area contributed by atoms with Gasteiger partial charge < -0.3 is 15.2 Å². The quantitative estimate of drug-likeness (QED) is 0.738. The van der Waals surface area contributed by atoms with E-state index in [0.717, 1.165) is 11.1 Å². The number of carbonyl (C=O) groups is 2. The lowest BCUT2D eigenvalue weighted by molar-refractivity contribution is -0.146. The zero-order valence-electron chi connectivity index (χ0n) is 11.2. The van der Waals surface area contributed by atoms with Crippen LogP contribution in [0.1, 0.15) is 17.5 Å². The molecule has 0 aliphatic carbocycles. The Morgan fingerprint density at radius 2 is 2.05 bits per heavy atom. The van der Waals surface area contributed by atoms with E-state index in [0.29, 0.717) is 6.42 Å². The number of hydrogen-bond acceptors (Lipinski definition) is 4. The van der Waals surface area contributed by atoms with E-state index < -0.39 is 18.6 Å². The van der Waals surface area contributed by atoms with Gasteiger partial charge in [-0.3, -0.25) is 4.79 Å². The topological polar surface area (TPSA) is 75.6 Å². The first-order valence-corrected chi connectivity index (χ1v) is 6.11. The van der Waals surface area contributed by atoms with Gasteiger partial charge in [-0.2, -0.15) is 0 Å². The number of nitrogens with one attached hydrogen (secondary N) is 1. The van der Waals surface area contributed by atoms with Gasteiger partial charge in [0.2, 0.25) is 5.91 Å². The van der Waals surface area contributed by atoms with Crippen molar-refractivity contribution < 1.29 is 19.4 Å². The first-order chi connectivity index (χ1) is 9.08. The Kier molecular flexibility index (Phi) is 6.02. The lowest BCUT2D eigenvalue weighted by Crippen LogP contribution is -2.44. The van der Waals surface area contributed by atoms with E-state index in [1.807, 2.05) is 31.2 Å². The second-order valence-corrected chi connectivity index (χ2v) is 4.25. The number of aryl methyl sites for hydroxylation is 2. The van der Waals surface area contributed by atoms with Gasteiger partial charge in [-0.25, -0.2) is 4.79 Å². The average molecular weight is 265 g/mol. The molecule has 1 amide bonds. The molecule has 1 aromatic carbocycles. The minimum Gasteiger partial charge on any atom is -0.467 e. The summed E-state index contributed by atoms with van der Waals surface area (Å²) in [6.45, 7) is 1.51. The summed E-state index contributed by atoms with van der Waals surface area (Å²) in [5.74, 6) is -0.931. The number of ether oxygens (including phenoxy) is 1. The van der Waals surface area contributed by atoms with Gasteiger partial charge in [-0.15, -0.1) is 0 Å². The predicted octanol–water partition coefficient (Wildman–Crippen LogP) is 0.578. The molecule has 0 heterocycles. The molecule has 0 saturated carbocycles. The van der Waals surface area contributed by atoms with Crippen LogP contribution in [0.15, 0.2) is 24.3 Å². The molecule has 1 rings (SSSR count). The number of amides is 1. The minimum atomic E-state index is -0.991. The Bertz CT molecular complexity index is 445. The molecule has 0 spiro atoms. The number of aliphatic hydroxyl groups is 1. The molecule has 0 fully saturated rings. The summed E-state index contributed by atoms with van der Waals surface area (Å²) in [4.78, 5) is 22.9. The Morgan fingerprint density at radius 1 is 1.37 bits per heavy atom. The summed E-state index contributed by atoms with van der Waals surface area (Å²) in [7, 11) is 1.21. The van der Waals surface area contributed by atoms with Crippen molar-refractivity contribution in [2.75, 3.05) is 13.7 Å². The summed E-state index contributed by atoms with van der Waals surface area (Å²) in [5.41, 5.74) is 2.22. The maximum absolute atomic E-state index is 11.7. The fourth-order valence-corrected chi connectivity index (χ4v) is 1.73. The van der Waals surface area contributed by atoms with E-state index in [-0.39, 0.29) is 12.3 Å². The van der Waals surface area contributed by atoms with Gasteiger partial charge in [-0.1, -0.05) is 24.3 Å². The van der Waals surface area contributed by atoms with Crippen LogP contribution in [0.5, 0.6) is 0 Å². The third kappa shape index (κ3) is 4.71. The van der Waals surface area contributed by atoms with Gasteiger partial charge in [0.25, 0.3) is 0 Å². The highest BCUT2D eigenvalue weighted by atomic mass is 16.5. The average Bonchev–Trinajstić information content (AvgIpc) is 2.43. The van der Waals surface area contributed by atoms with Gasteiger partial charge >= 0.3 is 5.97 Å². The van der Waals surface area contributed by atoms with Crippen molar-refractivity contribution >= 4 is 11.9 Å². The molecule has 5 heteroatoms. The van der Waals surface area contributed by atoms with Crippen LogP contribution in [0, 0.1) is 6.92 Å². The highest BCUT2D eigenvalue weighted by molar-refractivity contribution is 5.84. The SMILES string of the molecule is COC(=O)C(CO)NC(=O)CCc1ccccc1C. The monoisotopic (exact) mass is 265 g/mol. The molecule has 5 nitrogen and oxygen atoms in total. The number of esters is 1. The zero-order chi connectivity index (χ0) is 14.3. The van der Waals surface area contributed by atoms with Crippen LogP contribution in [0.4, 0.5) is 0 Å². The number of benzene rings is 1. The van der Waals surface area contributed by atoms with Crippen LogP contribution in [-0.2, 0) is 20.7 Å². The molecule has 1 aromatic rings. The number of hydrogen-bond donors (Lipinski definition) is 2. The minimum absolute atomic E-state index is 0.262. The first-order valence-electron chi connectivity index (χ1n) is 6.11. The van der Waals surface area contributed by atoms with Gasteiger partial charge in [-0.05, 0) is 24.5 Å². The van der Waals surface area contributed by atoms with E-state index >= 15 is 0 Å². The van der Waals surface area contributed by atoms with E-state index in [1.165, 1.54) is 7.11 Å². The molecule has 1 unspecified atom stereocenters. The van der Waals surface area contributed by atoms with Crippen LogP contribution < -0.4 is 5.32 Å². The molecule has 0 bridgehead atoms. The standard InChI is InChI=1S/C14H19NO4/c1-10-5-3-4-6-11(10)7-8-13(17)15-12(9-16)14(18)19-2/h3-6,12,16H,7-9H2,1-2H3,(H,15,17). The maximum atomic E-state index is 11.7. The highest BCUT2D eigenvalue weighted by Gasteiger charge is 2.20. The van der Waals surface area contributed by atoms with Crippen molar-refractivity contribution in [1.29, 1.82) is 0 Å². The molecule has 19 heavy (non-hydrogen) atoms. The molecule has 0 aromatic heterocycles. The predicted molar refractivity (Wildman–Crippen MR) is 70.5 cm³/mol. The van der Waals surface area contributed by atoms with E-state index in [4.69, 9.17) is 5.11 Å². The summed E-state index contributed by atoms with van der Waals surface area (Å²) < 4.78 is 4.47. The van der Waals surface area contributed by atoms with Crippen molar-refractivity contribution in [2.24, 2.45) is 0 Å². The fraction of sp³-hybridized carbons (Fsp3) is 0.429. The van der Waals surface area contributed by atoms with Gasteiger partial charge in [0.1, 0.15) is 0 Å². The van der Waals surface area contributed by atoms with Crippen molar-refractivity contribution in [1.82, 2.24) is 5.32 Å². The molecular formula is C14H19NO4. The van der Waals surface area contributed by atoms with Gasteiger partial charge in [0.05, 0.1) is 13.7 Å². The third-order valence-electron chi connectivity index (χ3n) is 2.89.